The van der Waals surface area contributed by atoms with Crippen LogP contribution in [0.25, 0.3) is 0 Å². The van der Waals surface area contributed by atoms with E-state index >= 15 is 0 Å². The SMILES string of the molecule is CCc1ccc(S)c(C#N)c1CC(=O)O. The molecule has 0 spiro atoms. The van der Waals surface area contributed by atoms with Crippen LogP contribution in [0.5, 0.6) is 0 Å². The van der Waals surface area contributed by atoms with E-state index in [1.807, 2.05) is 19.1 Å². The van der Waals surface area contributed by atoms with Crippen molar-refractivity contribution in [2.45, 2.75) is 24.7 Å². The maximum atomic E-state index is 10.7. The van der Waals surface area contributed by atoms with E-state index in [-0.39, 0.29) is 6.42 Å². The minimum atomic E-state index is -0.930. The minimum absolute atomic E-state index is 0.125. The molecule has 0 radical (unpaired) electrons. The maximum Gasteiger partial charge on any atom is 0.307 e. The van der Waals surface area contributed by atoms with Gasteiger partial charge in [-0.25, -0.2) is 0 Å². The Labute approximate surface area is 93.8 Å². The fourth-order valence-electron chi connectivity index (χ4n) is 1.49. The fraction of sp³-hybridized carbons (Fsp3) is 0.273. The predicted octanol–water partition coefficient (Wildman–Crippen LogP) is 2.04. The number of hydrogen-bond donors (Lipinski definition) is 2. The number of aryl methyl sites for hydroxylation is 1. The molecule has 0 aliphatic heterocycles. The van der Waals surface area contributed by atoms with Gasteiger partial charge in [0.15, 0.2) is 0 Å². The smallest absolute Gasteiger partial charge is 0.307 e. The number of thiol groups is 1. The molecule has 1 N–H and O–H groups in total. The molecule has 0 unspecified atom stereocenters. The summed E-state index contributed by atoms with van der Waals surface area (Å²) in [4.78, 5) is 11.2. The number of hydrogen-bond acceptors (Lipinski definition) is 3. The van der Waals surface area contributed by atoms with Gasteiger partial charge in [0.25, 0.3) is 0 Å². The molecule has 4 heteroatoms. The Morgan fingerprint density at radius 2 is 2.27 bits per heavy atom. The van der Waals surface area contributed by atoms with Crippen LogP contribution < -0.4 is 0 Å². The second-order valence-electron chi connectivity index (χ2n) is 3.13. The molecule has 0 fully saturated rings. The quantitative estimate of drug-likeness (QED) is 0.768. The second-order valence-corrected chi connectivity index (χ2v) is 3.62. The molecule has 0 aromatic heterocycles. The van der Waals surface area contributed by atoms with Crippen LogP contribution in [0, 0.1) is 11.3 Å². The van der Waals surface area contributed by atoms with E-state index in [1.165, 1.54) is 0 Å². The number of nitriles is 1. The summed E-state index contributed by atoms with van der Waals surface area (Å²) in [5.41, 5.74) is 1.85. The highest BCUT2D eigenvalue weighted by Gasteiger charge is 2.13. The summed E-state index contributed by atoms with van der Waals surface area (Å²) >= 11 is 4.14. The molecule has 15 heavy (non-hydrogen) atoms. The van der Waals surface area contributed by atoms with Crippen molar-refractivity contribution in [2.24, 2.45) is 0 Å². The van der Waals surface area contributed by atoms with Gasteiger partial charge in [-0.15, -0.1) is 12.6 Å². The Bertz CT molecular complexity index is 435. The standard InChI is InChI=1S/C11H11NO2S/c1-2-7-3-4-10(15)9(6-12)8(7)5-11(13)14/h3-4,15H,2,5H2,1H3,(H,13,14). The molecule has 0 amide bonds. The van der Waals surface area contributed by atoms with Crippen molar-refractivity contribution >= 4 is 18.6 Å². The van der Waals surface area contributed by atoms with Crippen molar-refractivity contribution in [2.75, 3.05) is 0 Å². The lowest BCUT2D eigenvalue weighted by Gasteiger charge is -2.09. The molecule has 0 saturated heterocycles. The van der Waals surface area contributed by atoms with Gasteiger partial charge in [0.05, 0.1) is 12.0 Å². The van der Waals surface area contributed by atoms with Crippen molar-refractivity contribution in [3.63, 3.8) is 0 Å². The van der Waals surface area contributed by atoms with Crippen LogP contribution in [-0.4, -0.2) is 11.1 Å². The number of carboxylic acids is 1. The van der Waals surface area contributed by atoms with E-state index in [2.05, 4.69) is 12.6 Å². The van der Waals surface area contributed by atoms with Crippen molar-refractivity contribution in [1.29, 1.82) is 5.26 Å². The Morgan fingerprint density at radius 1 is 1.60 bits per heavy atom. The summed E-state index contributed by atoms with van der Waals surface area (Å²) in [5.74, 6) is -0.930. The lowest BCUT2D eigenvalue weighted by Crippen LogP contribution is -2.06. The lowest BCUT2D eigenvalue weighted by molar-refractivity contribution is -0.136. The maximum absolute atomic E-state index is 10.7. The third-order valence-electron chi connectivity index (χ3n) is 2.21. The zero-order valence-electron chi connectivity index (χ0n) is 8.32. The van der Waals surface area contributed by atoms with Gasteiger partial charge in [-0.2, -0.15) is 5.26 Å². The number of carboxylic acid groups (broad SMARTS) is 1. The molecule has 0 bridgehead atoms. The van der Waals surface area contributed by atoms with Crippen LogP contribution in [0.4, 0.5) is 0 Å². The number of nitrogens with zero attached hydrogens (tertiary/aromatic N) is 1. The molecule has 1 rings (SSSR count). The van der Waals surface area contributed by atoms with Gasteiger partial charge in [-0.1, -0.05) is 13.0 Å². The Hall–Kier alpha value is -1.47. The molecule has 1 aromatic carbocycles. The summed E-state index contributed by atoms with van der Waals surface area (Å²) < 4.78 is 0. The number of carbonyl (C=O) groups is 1. The van der Waals surface area contributed by atoms with E-state index < -0.39 is 5.97 Å². The summed E-state index contributed by atoms with van der Waals surface area (Å²) in [7, 11) is 0. The van der Waals surface area contributed by atoms with E-state index in [4.69, 9.17) is 10.4 Å². The molecule has 0 aliphatic rings. The zero-order valence-corrected chi connectivity index (χ0v) is 9.21. The summed E-state index contributed by atoms with van der Waals surface area (Å²) in [6, 6.07) is 5.55. The Kier molecular flexibility index (Phi) is 3.75. The largest absolute Gasteiger partial charge is 0.481 e. The lowest BCUT2D eigenvalue weighted by atomic mass is 9.97. The number of rotatable bonds is 3. The topological polar surface area (TPSA) is 61.1 Å². The van der Waals surface area contributed by atoms with Crippen molar-refractivity contribution < 1.29 is 9.90 Å². The Balaban J connectivity index is 3.35. The molecule has 0 aliphatic carbocycles. The van der Waals surface area contributed by atoms with E-state index in [0.29, 0.717) is 22.4 Å². The van der Waals surface area contributed by atoms with Gasteiger partial charge >= 0.3 is 5.97 Å². The van der Waals surface area contributed by atoms with Crippen LogP contribution in [0.1, 0.15) is 23.6 Å². The average Bonchev–Trinajstić information content (AvgIpc) is 2.18. The van der Waals surface area contributed by atoms with E-state index in [9.17, 15) is 4.79 Å². The minimum Gasteiger partial charge on any atom is -0.481 e. The van der Waals surface area contributed by atoms with Gasteiger partial charge < -0.3 is 5.11 Å². The highest BCUT2D eigenvalue weighted by Crippen LogP contribution is 2.22. The molecular formula is C11H11NO2S. The van der Waals surface area contributed by atoms with Crippen molar-refractivity contribution in [3.05, 3.63) is 28.8 Å². The number of aliphatic carboxylic acids is 1. The first-order valence-corrected chi connectivity index (χ1v) is 5.00. The molecule has 78 valence electrons. The Morgan fingerprint density at radius 3 is 2.73 bits per heavy atom. The normalized spacial score (nSPS) is 9.67. The van der Waals surface area contributed by atoms with Gasteiger partial charge in [-0.3, -0.25) is 4.79 Å². The molecule has 1 aromatic rings. The summed E-state index contributed by atoms with van der Waals surface area (Å²) in [5, 5.41) is 17.7. The highest BCUT2D eigenvalue weighted by atomic mass is 32.1. The average molecular weight is 221 g/mol. The zero-order chi connectivity index (χ0) is 11.4. The van der Waals surface area contributed by atoms with E-state index in [1.54, 1.807) is 6.07 Å². The van der Waals surface area contributed by atoms with Gasteiger partial charge in [0.2, 0.25) is 0 Å². The van der Waals surface area contributed by atoms with Crippen LogP contribution in [0.2, 0.25) is 0 Å². The summed E-state index contributed by atoms with van der Waals surface area (Å²) in [6.07, 6.45) is 0.589. The third-order valence-corrected chi connectivity index (χ3v) is 2.58. The molecule has 0 saturated carbocycles. The fourth-order valence-corrected chi connectivity index (χ4v) is 1.75. The summed E-state index contributed by atoms with van der Waals surface area (Å²) in [6.45, 7) is 1.93. The first kappa shape index (κ1) is 11.6. The van der Waals surface area contributed by atoms with Crippen LogP contribution in [0.15, 0.2) is 17.0 Å². The van der Waals surface area contributed by atoms with Gasteiger partial charge in [0, 0.05) is 4.90 Å². The van der Waals surface area contributed by atoms with Crippen molar-refractivity contribution in [1.82, 2.24) is 0 Å². The van der Waals surface area contributed by atoms with E-state index in [0.717, 1.165) is 5.56 Å². The number of benzene rings is 1. The third kappa shape index (κ3) is 2.51. The highest BCUT2D eigenvalue weighted by molar-refractivity contribution is 7.80. The van der Waals surface area contributed by atoms with Crippen molar-refractivity contribution in [3.8, 4) is 6.07 Å². The predicted molar refractivity (Wildman–Crippen MR) is 59.1 cm³/mol. The van der Waals surface area contributed by atoms with Gasteiger partial charge in [0.1, 0.15) is 6.07 Å². The van der Waals surface area contributed by atoms with Gasteiger partial charge in [-0.05, 0) is 23.6 Å². The molecule has 3 nitrogen and oxygen atoms in total. The van der Waals surface area contributed by atoms with Crippen LogP contribution in [-0.2, 0) is 17.6 Å². The van der Waals surface area contributed by atoms with Crippen LogP contribution in [0.3, 0.4) is 0 Å². The second kappa shape index (κ2) is 4.85. The monoisotopic (exact) mass is 221 g/mol. The first-order valence-electron chi connectivity index (χ1n) is 4.55. The molecule has 0 atom stereocenters. The first-order chi connectivity index (χ1) is 7.10. The van der Waals surface area contributed by atoms with Crippen LogP contribution >= 0.6 is 12.6 Å². The molecule has 0 heterocycles. The molecular weight excluding hydrogens is 210 g/mol.